The molecule has 0 spiro atoms. The number of rotatable bonds is 5. The molecule has 0 fully saturated rings. The van der Waals surface area contributed by atoms with E-state index < -0.39 is 36.4 Å². The van der Waals surface area contributed by atoms with Crippen LogP contribution in [0.25, 0.3) is 11.1 Å². The summed E-state index contributed by atoms with van der Waals surface area (Å²) in [7, 11) is 0. The molecule has 34 heavy (non-hydrogen) atoms. The van der Waals surface area contributed by atoms with Crippen LogP contribution in [0.4, 0.5) is 29.3 Å². The van der Waals surface area contributed by atoms with Crippen LogP contribution in [-0.2, 0) is 11.0 Å². The summed E-state index contributed by atoms with van der Waals surface area (Å²) < 4.78 is 44.9. The average molecular weight is 471 g/mol. The number of halogens is 3. The normalized spacial score (nSPS) is 13.8. The maximum Gasteiger partial charge on any atom is 0.416 e. The lowest BCUT2D eigenvalue weighted by Crippen LogP contribution is -2.33. The third-order valence-corrected chi connectivity index (χ3v) is 5.14. The minimum Gasteiger partial charge on any atom is -0.479 e. The SMILES string of the molecule is O=C1COc2c(cc(C(F)(F)F)cc2NC(=O)NCC(O)c2ccc(-c3ccccc3)cc2)N1. The second kappa shape index (κ2) is 9.44. The monoisotopic (exact) mass is 471 g/mol. The number of benzene rings is 3. The zero-order valence-electron chi connectivity index (χ0n) is 17.6. The van der Waals surface area contributed by atoms with Crippen LogP contribution in [0.5, 0.6) is 5.75 Å². The number of ether oxygens (including phenoxy) is 1. The number of amides is 3. The van der Waals surface area contributed by atoms with E-state index in [0.29, 0.717) is 11.6 Å². The second-order valence-electron chi connectivity index (χ2n) is 7.57. The molecule has 1 heterocycles. The third kappa shape index (κ3) is 5.29. The summed E-state index contributed by atoms with van der Waals surface area (Å²) in [6.45, 7) is -0.582. The molecule has 0 bridgehead atoms. The molecule has 1 aliphatic rings. The molecule has 4 rings (SSSR count). The Morgan fingerprint density at radius 1 is 1.06 bits per heavy atom. The number of alkyl halides is 3. The van der Waals surface area contributed by atoms with Gasteiger partial charge >= 0.3 is 12.2 Å². The number of aliphatic hydroxyl groups excluding tert-OH is 1. The van der Waals surface area contributed by atoms with Crippen molar-refractivity contribution >= 4 is 23.3 Å². The van der Waals surface area contributed by atoms with E-state index in [9.17, 15) is 27.9 Å². The Kier molecular flexibility index (Phi) is 6.42. The molecule has 3 aromatic carbocycles. The number of urea groups is 1. The van der Waals surface area contributed by atoms with Gasteiger partial charge in [-0.3, -0.25) is 4.79 Å². The third-order valence-electron chi connectivity index (χ3n) is 5.14. The Hall–Kier alpha value is -4.05. The zero-order chi connectivity index (χ0) is 24.3. The van der Waals surface area contributed by atoms with E-state index in [-0.39, 0.29) is 23.7 Å². The highest BCUT2D eigenvalue weighted by atomic mass is 19.4. The van der Waals surface area contributed by atoms with Crippen LogP contribution in [0.3, 0.4) is 0 Å². The van der Waals surface area contributed by atoms with E-state index in [2.05, 4.69) is 16.0 Å². The highest BCUT2D eigenvalue weighted by Gasteiger charge is 2.34. The molecular formula is C24H20F3N3O4. The Morgan fingerprint density at radius 2 is 1.74 bits per heavy atom. The first-order valence-corrected chi connectivity index (χ1v) is 10.3. The van der Waals surface area contributed by atoms with Gasteiger partial charge in [0, 0.05) is 6.54 Å². The van der Waals surface area contributed by atoms with Crippen molar-refractivity contribution in [1.29, 1.82) is 0 Å². The van der Waals surface area contributed by atoms with Gasteiger partial charge in [-0.05, 0) is 28.8 Å². The maximum absolute atomic E-state index is 13.2. The summed E-state index contributed by atoms with van der Waals surface area (Å²) >= 11 is 0. The summed E-state index contributed by atoms with van der Waals surface area (Å²) in [4.78, 5) is 23.8. The molecule has 0 aromatic heterocycles. The molecule has 1 unspecified atom stereocenters. The molecule has 1 atom stereocenters. The van der Waals surface area contributed by atoms with Crippen LogP contribution in [0.15, 0.2) is 66.7 Å². The molecule has 3 amide bonds. The molecule has 3 aromatic rings. The van der Waals surface area contributed by atoms with Gasteiger partial charge in [0.1, 0.15) is 0 Å². The minimum atomic E-state index is -4.70. The number of anilines is 2. The quantitative estimate of drug-likeness (QED) is 0.439. The molecule has 176 valence electrons. The van der Waals surface area contributed by atoms with Crippen molar-refractivity contribution in [2.45, 2.75) is 12.3 Å². The van der Waals surface area contributed by atoms with E-state index in [0.717, 1.165) is 17.2 Å². The van der Waals surface area contributed by atoms with E-state index >= 15 is 0 Å². The fraction of sp³-hybridized carbons (Fsp3) is 0.167. The van der Waals surface area contributed by atoms with Crippen molar-refractivity contribution in [3.05, 3.63) is 77.9 Å². The lowest BCUT2D eigenvalue weighted by Gasteiger charge is -2.23. The van der Waals surface area contributed by atoms with Crippen molar-refractivity contribution < 1.29 is 32.6 Å². The lowest BCUT2D eigenvalue weighted by atomic mass is 10.0. The fourth-order valence-electron chi connectivity index (χ4n) is 3.46. The molecule has 0 saturated carbocycles. The smallest absolute Gasteiger partial charge is 0.416 e. The Labute approximate surface area is 192 Å². The summed E-state index contributed by atoms with van der Waals surface area (Å²) in [5.74, 6) is -0.691. The van der Waals surface area contributed by atoms with Gasteiger partial charge in [0.05, 0.1) is 23.0 Å². The Morgan fingerprint density at radius 3 is 2.41 bits per heavy atom. The number of carbonyl (C=O) groups excluding carboxylic acids is 2. The van der Waals surface area contributed by atoms with Crippen LogP contribution >= 0.6 is 0 Å². The van der Waals surface area contributed by atoms with Gasteiger partial charge in [-0.15, -0.1) is 0 Å². The van der Waals surface area contributed by atoms with Crippen molar-refractivity contribution in [2.75, 3.05) is 23.8 Å². The summed E-state index contributed by atoms with van der Waals surface area (Å²) in [6, 6.07) is 17.4. The van der Waals surface area contributed by atoms with Crippen LogP contribution in [0.1, 0.15) is 17.2 Å². The van der Waals surface area contributed by atoms with Crippen LogP contribution in [-0.4, -0.2) is 30.2 Å². The largest absolute Gasteiger partial charge is 0.479 e. The number of nitrogens with one attached hydrogen (secondary N) is 3. The summed E-state index contributed by atoms with van der Waals surface area (Å²) in [5.41, 5.74) is 1.02. The van der Waals surface area contributed by atoms with Gasteiger partial charge in [-0.25, -0.2) is 4.79 Å². The molecule has 0 radical (unpaired) electrons. The fourth-order valence-corrected chi connectivity index (χ4v) is 3.46. The predicted molar refractivity (Wildman–Crippen MR) is 119 cm³/mol. The number of fused-ring (bicyclic) bond motifs is 1. The Balaban J connectivity index is 1.42. The van der Waals surface area contributed by atoms with Gasteiger partial charge < -0.3 is 25.8 Å². The molecule has 7 nitrogen and oxygen atoms in total. The van der Waals surface area contributed by atoms with E-state index in [1.807, 2.05) is 42.5 Å². The first-order valence-electron chi connectivity index (χ1n) is 10.3. The minimum absolute atomic E-state index is 0.0835. The molecule has 10 heteroatoms. The summed E-state index contributed by atoms with van der Waals surface area (Å²) in [5, 5.41) is 17.4. The molecule has 4 N–H and O–H groups in total. The Bertz CT molecular complexity index is 1200. The maximum atomic E-state index is 13.2. The van der Waals surface area contributed by atoms with Gasteiger partial charge in [-0.1, -0.05) is 54.6 Å². The molecule has 0 aliphatic carbocycles. The predicted octanol–water partition coefficient (Wildman–Crippen LogP) is 4.56. The van der Waals surface area contributed by atoms with Gasteiger partial charge in [0.15, 0.2) is 12.4 Å². The van der Waals surface area contributed by atoms with Crippen LogP contribution in [0.2, 0.25) is 0 Å². The summed E-state index contributed by atoms with van der Waals surface area (Å²) in [6.07, 6.45) is -5.74. The number of hydrogen-bond donors (Lipinski definition) is 4. The zero-order valence-corrected chi connectivity index (χ0v) is 17.6. The first-order chi connectivity index (χ1) is 16.2. The lowest BCUT2D eigenvalue weighted by molar-refractivity contribution is -0.137. The van der Waals surface area contributed by atoms with Crippen molar-refractivity contribution in [3.63, 3.8) is 0 Å². The number of hydrogen-bond acceptors (Lipinski definition) is 4. The number of aliphatic hydroxyl groups is 1. The molecule has 1 aliphatic heterocycles. The molecular weight excluding hydrogens is 451 g/mol. The van der Waals surface area contributed by atoms with E-state index in [1.165, 1.54) is 0 Å². The highest BCUT2D eigenvalue weighted by molar-refractivity contribution is 6.00. The van der Waals surface area contributed by atoms with Crippen molar-refractivity contribution in [2.24, 2.45) is 0 Å². The van der Waals surface area contributed by atoms with Gasteiger partial charge in [0.25, 0.3) is 5.91 Å². The van der Waals surface area contributed by atoms with Crippen molar-refractivity contribution in [1.82, 2.24) is 5.32 Å². The average Bonchev–Trinajstić information content (AvgIpc) is 2.82. The van der Waals surface area contributed by atoms with Crippen molar-refractivity contribution in [3.8, 4) is 16.9 Å². The first kappa shape index (κ1) is 23.1. The van der Waals surface area contributed by atoms with E-state index in [1.54, 1.807) is 12.1 Å². The molecule has 0 saturated heterocycles. The number of carbonyl (C=O) groups is 2. The topological polar surface area (TPSA) is 99.7 Å². The van der Waals surface area contributed by atoms with E-state index in [4.69, 9.17) is 4.74 Å². The highest BCUT2D eigenvalue weighted by Crippen LogP contribution is 2.42. The van der Waals surface area contributed by atoms with Gasteiger partial charge in [0.2, 0.25) is 0 Å². The standard InChI is InChI=1S/C24H20F3N3O4/c25-24(26,27)17-10-18-22(34-13-21(32)29-18)19(11-17)30-23(33)28-12-20(31)16-8-6-15(7-9-16)14-4-2-1-3-5-14/h1-11,20,31H,12-13H2,(H,29,32)(H2,28,30,33). The van der Waals surface area contributed by atoms with Crippen LogP contribution in [0, 0.1) is 0 Å². The second-order valence-corrected chi connectivity index (χ2v) is 7.57. The van der Waals surface area contributed by atoms with Crippen LogP contribution < -0.4 is 20.7 Å². The van der Waals surface area contributed by atoms with Gasteiger partial charge in [-0.2, -0.15) is 13.2 Å².